The molecule has 2 atom stereocenters. The van der Waals surface area contributed by atoms with Gasteiger partial charge in [0.2, 0.25) is 5.91 Å². The van der Waals surface area contributed by atoms with Crippen molar-refractivity contribution in [3.05, 3.63) is 35.4 Å². The Labute approximate surface area is 145 Å². The van der Waals surface area contributed by atoms with E-state index in [0.717, 1.165) is 49.7 Å². The van der Waals surface area contributed by atoms with E-state index in [4.69, 9.17) is 0 Å². The molecule has 1 aromatic rings. The number of aryl methyl sites for hydroxylation is 1. The number of nitrogens with zero attached hydrogens (tertiary/aromatic N) is 1. The number of benzene rings is 1. The van der Waals surface area contributed by atoms with Crippen LogP contribution >= 0.6 is 0 Å². The smallest absolute Gasteiger partial charge is 0.240 e. The van der Waals surface area contributed by atoms with Crippen LogP contribution in [0.3, 0.4) is 0 Å². The first-order valence-electron chi connectivity index (χ1n) is 9.11. The Balaban J connectivity index is 1.83. The maximum atomic E-state index is 13.2. The molecule has 1 fully saturated rings. The van der Waals surface area contributed by atoms with Crippen LogP contribution in [0.25, 0.3) is 0 Å². The highest BCUT2D eigenvalue weighted by Crippen LogP contribution is 2.37. The summed E-state index contributed by atoms with van der Waals surface area (Å²) in [6.45, 7) is 2.97. The van der Waals surface area contributed by atoms with E-state index in [0.29, 0.717) is 19.5 Å². The van der Waals surface area contributed by atoms with Crippen LogP contribution in [0, 0.1) is 0 Å². The zero-order chi connectivity index (χ0) is 17.2. The van der Waals surface area contributed by atoms with Gasteiger partial charge in [0.1, 0.15) is 5.25 Å². The molecule has 1 heterocycles. The maximum absolute atomic E-state index is 13.2. The molecular formula is C19H27NO3S. The maximum Gasteiger partial charge on any atom is 0.240 e. The molecule has 0 bridgehead atoms. The van der Waals surface area contributed by atoms with Crippen LogP contribution in [-0.4, -0.2) is 37.6 Å². The molecule has 2 aliphatic rings. The SMILES string of the molecule is C[C@H](C(=O)N1CCCCCC1)S(=O)(=O)[C@@H]1CCCc2ccccc21. The van der Waals surface area contributed by atoms with Gasteiger partial charge in [-0.15, -0.1) is 0 Å². The summed E-state index contributed by atoms with van der Waals surface area (Å²) in [5.41, 5.74) is 2.02. The van der Waals surface area contributed by atoms with Crippen molar-refractivity contribution in [2.75, 3.05) is 13.1 Å². The Bertz CT molecular complexity index is 690. The largest absolute Gasteiger partial charge is 0.342 e. The van der Waals surface area contributed by atoms with Gasteiger partial charge in [-0.3, -0.25) is 4.79 Å². The fraction of sp³-hybridized carbons (Fsp3) is 0.632. The number of fused-ring (bicyclic) bond motifs is 1. The van der Waals surface area contributed by atoms with Gasteiger partial charge in [-0.05, 0) is 50.2 Å². The fourth-order valence-corrected chi connectivity index (χ4v) is 5.99. The molecule has 0 radical (unpaired) electrons. The number of likely N-dealkylation sites (tertiary alicyclic amines) is 1. The van der Waals surface area contributed by atoms with Crippen molar-refractivity contribution in [3.8, 4) is 0 Å². The highest BCUT2D eigenvalue weighted by molar-refractivity contribution is 7.93. The number of carbonyl (C=O) groups is 1. The van der Waals surface area contributed by atoms with E-state index in [9.17, 15) is 13.2 Å². The van der Waals surface area contributed by atoms with E-state index in [1.807, 2.05) is 24.3 Å². The van der Waals surface area contributed by atoms with Crippen molar-refractivity contribution >= 4 is 15.7 Å². The van der Waals surface area contributed by atoms with Crippen molar-refractivity contribution < 1.29 is 13.2 Å². The predicted octanol–water partition coefficient (Wildman–Crippen LogP) is 3.27. The molecule has 24 heavy (non-hydrogen) atoms. The quantitative estimate of drug-likeness (QED) is 0.841. The van der Waals surface area contributed by atoms with Gasteiger partial charge in [0.05, 0.1) is 5.25 Å². The molecule has 1 aromatic carbocycles. The Morgan fingerprint density at radius 1 is 1.08 bits per heavy atom. The Hall–Kier alpha value is -1.36. The first kappa shape index (κ1) is 17.5. The van der Waals surface area contributed by atoms with Crippen LogP contribution in [0.15, 0.2) is 24.3 Å². The number of hydrogen-bond donors (Lipinski definition) is 0. The molecule has 4 nitrogen and oxygen atoms in total. The summed E-state index contributed by atoms with van der Waals surface area (Å²) in [6.07, 6.45) is 6.62. The third kappa shape index (κ3) is 3.37. The first-order chi connectivity index (χ1) is 11.5. The van der Waals surface area contributed by atoms with E-state index >= 15 is 0 Å². The second kappa shape index (κ2) is 7.26. The number of rotatable bonds is 3. The van der Waals surface area contributed by atoms with Crippen LogP contribution in [0.2, 0.25) is 0 Å². The average molecular weight is 349 g/mol. The monoisotopic (exact) mass is 349 g/mol. The Kier molecular flexibility index (Phi) is 5.28. The highest BCUT2D eigenvalue weighted by atomic mass is 32.2. The molecule has 132 valence electrons. The van der Waals surface area contributed by atoms with Crippen LogP contribution in [0.1, 0.15) is 61.8 Å². The van der Waals surface area contributed by atoms with Gasteiger partial charge in [0.15, 0.2) is 9.84 Å². The molecule has 0 aromatic heterocycles. The molecule has 0 N–H and O–H groups in total. The summed E-state index contributed by atoms with van der Waals surface area (Å²) in [7, 11) is -3.53. The lowest BCUT2D eigenvalue weighted by Crippen LogP contribution is -2.43. The van der Waals surface area contributed by atoms with Gasteiger partial charge in [-0.25, -0.2) is 8.42 Å². The van der Waals surface area contributed by atoms with Crippen molar-refractivity contribution in [3.63, 3.8) is 0 Å². The van der Waals surface area contributed by atoms with Crippen LogP contribution in [0.5, 0.6) is 0 Å². The van der Waals surface area contributed by atoms with Gasteiger partial charge in [-0.2, -0.15) is 0 Å². The second-order valence-electron chi connectivity index (χ2n) is 7.05. The molecular weight excluding hydrogens is 322 g/mol. The van der Waals surface area contributed by atoms with E-state index in [1.54, 1.807) is 11.8 Å². The molecule has 1 amide bonds. The van der Waals surface area contributed by atoms with Crippen molar-refractivity contribution in [2.45, 2.75) is 62.4 Å². The molecule has 1 aliphatic carbocycles. The third-order valence-corrected chi connectivity index (χ3v) is 7.94. The fourth-order valence-electron chi connectivity index (χ4n) is 3.99. The first-order valence-corrected chi connectivity index (χ1v) is 10.7. The van der Waals surface area contributed by atoms with E-state index in [1.165, 1.54) is 0 Å². The van der Waals surface area contributed by atoms with Crippen molar-refractivity contribution in [1.29, 1.82) is 0 Å². The van der Waals surface area contributed by atoms with Crippen molar-refractivity contribution in [2.24, 2.45) is 0 Å². The van der Waals surface area contributed by atoms with E-state index in [-0.39, 0.29) is 5.91 Å². The standard InChI is InChI=1S/C19H27NO3S/c1-15(19(21)20-13-6-2-3-7-14-20)24(22,23)18-12-8-10-16-9-4-5-11-17(16)18/h4-5,9,11,15,18H,2-3,6-8,10,12-14H2,1H3/t15-,18-/m1/s1. The number of amides is 1. The number of sulfone groups is 1. The lowest BCUT2D eigenvalue weighted by molar-refractivity contribution is -0.130. The Morgan fingerprint density at radius 2 is 1.75 bits per heavy atom. The molecule has 0 unspecified atom stereocenters. The molecule has 1 saturated heterocycles. The minimum Gasteiger partial charge on any atom is -0.342 e. The summed E-state index contributed by atoms with van der Waals surface area (Å²) in [6, 6.07) is 7.78. The molecule has 0 saturated carbocycles. The lowest BCUT2D eigenvalue weighted by atomic mass is 9.91. The zero-order valence-electron chi connectivity index (χ0n) is 14.4. The Morgan fingerprint density at radius 3 is 2.46 bits per heavy atom. The van der Waals surface area contributed by atoms with E-state index in [2.05, 4.69) is 0 Å². The summed E-state index contributed by atoms with van der Waals surface area (Å²) in [5.74, 6) is -0.208. The van der Waals surface area contributed by atoms with Gasteiger partial charge in [-0.1, -0.05) is 37.1 Å². The molecule has 3 rings (SSSR count). The summed E-state index contributed by atoms with van der Waals surface area (Å²) in [5, 5.41) is -1.49. The topological polar surface area (TPSA) is 54.5 Å². The van der Waals surface area contributed by atoms with Gasteiger partial charge in [0.25, 0.3) is 0 Å². The minimum absolute atomic E-state index is 0.208. The van der Waals surface area contributed by atoms with Crippen molar-refractivity contribution in [1.82, 2.24) is 4.90 Å². The van der Waals surface area contributed by atoms with E-state index < -0.39 is 20.3 Å². The van der Waals surface area contributed by atoms with Gasteiger partial charge in [0, 0.05) is 13.1 Å². The van der Waals surface area contributed by atoms with Crippen LogP contribution in [0.4, 0.5) is 0 Å². The zero-order valence-corrected chi connectivity index (χ0v) is 15.2. The summed E-state index contributed by atoms with van der Waals surface area (Å²) in [4.78, 5) is 14.6. The van der Waals surface area contributed by atoms with Gasteiger partial charge >= 0.3 is 0 Å². The number of hydrogen-bond acceptors (Lipinski definition) is 3. The molecule has 0 spiro atoms. The summed E-state index contributed by atoms with van der Waals surface area (Å²) >= 11 is 0. The molecule has 5 heteroatoms. The average Bonchev–Trinajstić information content (AvgIpc) is 2.89. The second-order valence-corrected chi connectivity index (χ2v) is 9.50. The van der Waals surface area contributed by atoms with Crippen LogP contribution in [-0.2, 0) is 21.1 Å². The third-order valence-electron chi connectivity index (χ3n) is 5.47. The summed E-state index contributed by atoms with van der Waals surface area (Å²) < 4.78 is 26.3. The minimum atomic E-state index is -3.53. The lowest BCUT2D eigenvalue weighted by Gasteiger charge is -2.30. The number of carbonyl (C=O) groups excluding carboxylic acids is 1. The molecule has 1 aliphatic heterocycles. The normalized spacial score (nSPS) is 23.2. The van der Waals surface area contributed by atoms with Gasteiger partial charge < -0.3 is 4.90 Å². The predicted molar refractivity (Wildman–Crippen MR) is 95.6 cm³/mol. The highest BCUT2D eigenvalue weighted by Gasteiger charge is 2.40. The van der Waals surface area contributed by atoms with Crippen LogP contribution < -0.4 is 0 Å².